The molecule has 0 saturated carbocycles. The van der Waals surface area contributed by atoms with Gasteiger partial charge in [-0.2, -0.15) is 0 Å². The van der Waals surface area contributed by atoms with Crippen LogP contribution >= 0.6 is 0 Å². The molecule has 1 saturated heterocycles. The van der Waals surface area contributed by atoms with Gasteiger partial charge in [-0.05, 0) is 44.9 Å². The van der Waals surface area contributed by atoms with E-state index in [9.17, 15) is 9.18 Å². The SMILES string of the molecule is CC1CCCC(C)N1CCC(=O)Nc1ccc(F)c(N)c1. The summed E-state index contributed by atoms with van der Waals surface area (Å²) in [5, 5.41) is 2.77. The third-order valence-electron chi connectivity index (χ3n) is 4.25. The number of hydrogen-bond acceptors (Lipinski definition) is 3. The summed E-state index contributed by atoms with van der Waals surface area (Å²) in [6.45, 7) is 5.19. The summed E-state index contributed by atoms with van der Waals surface area (Å²) in [6, 6.07) is 5.29. The van der Waals surface area contributed by atoms with Crippen molar-refractivity contribution in [2.75, 3.05) is 17.6 Å². The molecule has 5 heteroatoms. The number of piperidine rings is 1. The van der Waals surface area contributed by atoms with Gasteiger partial charge in [0.1, 0.15) is 5.82 Å². The molecule has 1 heterocycles. The van der Waals surface area contributed by atoms with Crippen LogP contribution in [0.25, 0.3) is 0 Å². The third-order valence-corrected chi connectivity index (χ3v) is 4.25. The molecule has 2 atom stereocenters. The van der Waals surface area contributed by atoms with Crippen LogP contribution in [0.3, 0.4) is 0 Å². The average Bonchev–Trinajstić information content (AvgIpc) is 2.42. The van der Waals surface area contributed by atoms with E-state index in [1.54, 1.807) is 0 Å². The van der Waals surface area contributed by atoms with Crippen molar-refractivity contribution in [3.05, 3.63) is 24.0 Å². The lowest BCUT2D eigenvalue weighted by Crippen LogP contribution is -2.44. The lowest BCUT2D eigenvalue weighted by atomic mass is 9.97. The van der Waals surface area contributed by atoms with Gasteiger partial charge in [0.15, 0.2) is 0 Å². The first-order chi connectivity index (χ1) is 9.97. The molecule has 0 aliphatic carbocycles. The van der Waals surface area contributed by atoms with Gasteiger partial charge in [-0.1, -0.05) is 6.42 Å². The predicted molar refractivity (Wildman–Crippen MR) is 83.5 cm³/mol. The van der Waals surface area contributed by atoms with Crippen LogP contribution in [0.1, 0.15) is 39.5 Å². The minimum Gasteiger partial charge on any atom is -0.396 e. The normalized spacial score (nSPS) is 23.0. The van der Waals surface area contributed by atoms with Crippen LogP contribution in [0.5, 0.6) is 0 Å². The Morgan fingerprint density at radius 3 is 2.67 bits per heavy atom. The number of nitrogens with one attached hydrogen (secondary N) is 1. The van der Waals surface area contributed by atoms with Crippen LogP contribution in [-0.2, 0) is 4.79 Å². The molecule has 0 bridgehead atoms. The zero-order chi connectivity index (χ0) is 15.4. The lowest BCUT2D eigenvalue weighted by molar-refractivity contribution is -0.116. The molecule has 0 spiro atoms. The third kappa shape index (κ3) is 4.17. The van der Waals surface area contributed by atoms with Crippen molar-refractivity contribution >= 4 is 17.3 Å². The quantitative estimate of drug-likeness (QED) is 0.839. The van der Waals surface area contributed by atoms with E-state index in [2.05, 4.69) is 24.1 Å². The molecule has 21 heavy (non-hydrogen) atoms. The van der Waals surface area contributed by atoms with Gasteiger partial charge >= 0.3 is 0 Å². The monoisotopic (exact) mass is 293 g/mol. The number of rotatable bonds is 4. The Kier molecular flexibility index (Phi) is 5.17. The van der Waals surface area contributed by atoms with Crippen molar-refractivity contribution in [2.45, 2.75) is 51.6 Å². The number of likely N-dealkylation sites (tertiary alicyclic amines) is 1. The first-order valence-corrected chi connectivity index (χ1v) is 7.58. The van der Waals surface area contributed by atoms with E-state index in [1.807, 2.05) is 0 Å². The fourth-order valence-electron chi connectivity index (χ4n) is 2.99. The molecule has 1 aromatic carbocycles. The van der Waals surface area contributed by atoms with E-state index in [0.29, 0.717) is 24.2 Å². The number of hydrogen-bond donors (Lipinski definition) is 2. The fourth-order valence-corrected chi connectivity index (χ4v) is 2.99. The van der Waals surface area contributed by atoms with Crippen molar-refractivity contribution < 1.29 is 9.18 Å². The second-order valence-electron chi connectivity index (χ2n) is 5.90. The fraction of sp³-hybridized carbons (Fsp3) is 0.562. The summed E-state index contributed by atoms with van der Waals surface area (Å²) >= 11 is 0. The maximum absolute atomic E-state index is 13.1. The molecule has 3 N–H and O–H groups in total. The Balaban J connectivity index is 1.85. The standard InChI is InChI=1S/C16H24FN3O/c1-11-4-3-5-12(2)20(11)9-8-16(21)19-13-6-7-14(17)15(18)10-13/h6-7,10-12H,3-5,8-9,18H2,1-2H3,(H,19,21). The highest BCUT2D eigenvalue weighted by molar-refractivity contribution is 5.91. The van der Waals surface area contributed by atoms with Crippen molar-refractivity contribution in [2.24, 2.45) is 0 Å². The van der Waals surface area contributed by atoms with Crippen molar-refractivity contribution in [3.63, 3.8) is 0 Å². The summed E-state index contributed by atoms with van der Waals surface area (Å²) in [6.07, 6.45) is 4.09. The summed E-state index contributed by atoms with van der Waals surface area (Å²) in [5.74, 6) is -0.532. The van der Waals surface area contributed by atoms with Crippen LogP contribution in [0.4, 0.5) is 15.8 Å². The van der Waals surface area contributed by atoms with Crippen LogP contribution in [-0.4, -0.2) is 29.4 Å². The minimum atomic E-state index is -0.469. The van der Waals surface area contributed by atoms with E-state index in [4.69, 9.17) is 5.73 Å². The van der Waals surface area contributed by atoms with E-state index in [0.717, 1.165) is 6.54 Å². The zero-order valence-electron chi connectivity index (χ0n) is 12.7. The Hall–Kier alpha value is -1.62. The Bertz CT molecular complexity index is 496. The first kappa shape index (κ1) is 15.8. The number of carbonyl (C=O) groups is 1. The molecule has 1 aromatic rings. The molecule has 0 radical (unpaired) electrons. The number of amides is 1. The van der Waals surface area contributed by atoms with Crippen molar-refractivity contribution in [1.82, 2.24) is 4.90 Å². The smallest absolute Gasteiger partial charge is 0.225 e. The van der Waals surface area contributed by atoms with E-state index >= 15 is 0 Å². The minimum absolute atomic E-state index is 0.0473. The number of nitrogens with two attached hydrogens (primary N) is 1. The summed E-state index contributed by atoms with van der Waals surface area (Å²) in [4.78, 5) is 14.4. The van der Waals surface area contributed by atoms with E-state index in [-0.39, 0.29) is 11.6 Å². The van der Waals surface area contributed by atoms with Crippen LogP contribution in [0, 0.1) is 5.82 Å². The summed E-state index contributed by atoms with van der Waals surface area (Å²) in [5.41, 5.74) is 6.08. The molecule has 0 aromatic heterocycles. The largest absolute Gasteiger partial charge is 0.396 e. The van der Waals surface area contributed by atoms with E-state index in [1.165, 1.54) is 37.5 Å². The van der Waals surface area contributed by atoms with Gasteiger partial charge in [0.05, 0.1) is 5.69 Å². The zero-order valence-corrected chi connectivity index (χ0v) is 12.7. The van der Waals surface area contributed by atoms with Gasteiger partial charge in [0.25, 0.3) is 0 Å². The van der Waals surface area contributed by atoms with Crippen LogP contribution in [0.15, 0.2) is 18.2 Å². The maximum atomic E-state index is 13.1. The molecule has 1 aliphatic heterocycles. The molecule has 1 amide bonds. The molecule has 1 aliphatic rings. The maximum Gasteiger partial charge on any atom is 0.225 e. The molecular weight excluding hydrogens is 269 g/mol. The Morgan fingerprint density at radius 2 is 2.05 bits per heavy atom. The number of anilines is 2. The number of carbonyl (C=O) groups excluding carboxylic acids is 1. The second kappa shape index (κ2) is 6.89. The predicted octanol–water partition coefficient (Wildman–Crippen LogP) is 3.00. The summed E-state index contributed by atoms with van der Waals surface area (Å²) < 4.78 is 13.1. The van der Waals surface area contributed by atoms with Gasteiger partial charge in [-0.3, -0.25) is 9.69 Å². The van der Waals surface area contributed by atoms with Crippen LogP contribution < -0.4 is 11.1 Å². The number of halogens is 1. The number of nitrogen functional groups attached to an aromatic ring is 1. The topological polar surface area (TPSA) is 58.4 Å². The molecule has 2 unspecified atom stereocenters. The number of benzene rings is 1. The highest BCUT2D eigenvalue weighted by Gasteiger charge is 2.24. The molecular formula is C16H24FN3O. The van der Waals surface area contributed by atoms with Gasteiger partial charge < -0.3 is 11.1 Å². The molecule has 2 rings (SSSR count). The first-order valence-electron chi connectivity index (χ1n) is 7.58. The van der Waals surface area contributed by atoms with Gasteiger partial charge in [-0.15, -0.1) is 0 Å². The van der Waals surface area contributed by atoms with Crippen molar-refractivity contribution in [3.8, 4) is 0 Å². The average molecular weight is 293 g/mol. The molecule has 4 nitrogen and oxygen atoms in total. The Labute approximate surface area is 125 Å². The second-order valence-corrected chi connectivity index (χ2v) is 5.90. The van der Waals surface area contributed by atoms with Crippen LogP contribution in [0.2, 0.25) is 0 Å². The highest BCUT2D eigenvalue weighted by Crippen LogP contribution is 2.22. The Morgan fingerprint density at radius 1 is 1.38 bits per heavy atom. The van der Waals surface area contributed by atoms with Gasteiger partial charge in [0.2, 0.25) is 5.91 Å². The molecule has 1 fully saturated rings. The van der Waals surface area contributed by atoms with Crippen molar-refractivity contribution in [1.29, 1.82) is 0 Å². The summed E-state index contributed by atoms with van der Waals surface area (Å²) in [7, 11) is 0. The van der Waals surface area contributed by atoms with Gasteiger partial charge in [0, 0.05) is 30.7 Å². The lowest BCUT2D eigenvalue weighted by Gasteiger charge is -2.38. The number of nitrogens with zero attached hydrogens (tertiary/aromatic N) is 1. The van der Waals surface area contributed by atoms with Gasteiger partial charge in [-0.25, -0.2) is 4.39 Å². The highest BCUT2D eigenvalue weighted by atomic mass is 19.1. The molecule has 116 valence electrons. The van der Waals surface area contributed by atoms with E-state index < -0.39 is 5.82 Å².